The molecule has 1 aliphatic heterocycles. The number of aryl methyl sites for hydroxylation is 1. The van der Waals surface area contributed by atoms with Crippen LogP contribution >= 0.6 is 11.6 Å². The van der Waals surface area contributed by atoms with E-state index in [1.54, 1.807) is 36.4 Å². The highest BCUT2D eigenvalue weighted by Crippen LogP contribution is 2.31. The largest absolute Gasteiger partial charge is 0.495 e. The minimum Gasteiger partial charge on any atom is -0.495 e. The molecule has 0 saturated carbocycles. The number of nitrogens with one attached hydrogen (secondary N) is 1. The molecule has 2 aromatic rings. The number of carbonyl (C=O) groups excluding carboxylic acids is 1. The molecule has 3 rings (SSSR count). The fourth-order valence-electron chi connectivity index (χ4n) is 3.49. The zero-order valence-corrected chi connectivity index (χ0v) is 18.7. The summed E-state index contributed by atoms with van der Waals surface area (Å²) in [5.74, 6) is 0.0919. The number of rotatable bonds is 6. The number of nitrogens with zero attached hydrogens (tertiary/aromatic N) is 1. The summed E-state index contributed by atoms with van der Waals surface area (Å²) in [6.45, 7) is 2.29. The molecule has 1 saturated heterocycles. The van der Waals surface area contributed by atoms with Crippen molar-refractivity contribution in [3.05, 3.63) is 47.0 Å². The lowest BCUT2D eigenvalue weighted by atomic mass is 9.98. The standard InChI is InChI=1S/C21H25ClN2O5S/c1-14-6-8-19(29-3)20(11-14)30(26,27)24-10-4-5-15(13-24)21(25)23-16-7-9-18(28-2)17(22)12-16/h6-9,11-12,15H,4-5,10,13H2,1-3H3,(H,23,25). The molecule has 0 spiro atoms. The van der Waals surface area contributed by atoms with Crippen molar-refractivity contribution in [1.29, 1.82) is 0 Å². The lowest BCUT2D eigenvalue weighted by molar-refractivity contribution is -0.120. The van der Waals surface area contributed by atoms with Crippen LogP contribution in [-0.2, 0) is 14.8 Å². The Morgan fingerprint density at radius 1 is 1.13 bits per heavy atom. The Bertz CT molecular complexity index is 1040. The Kier molecular flexibility index (Phi) is 6.90. The number of hydrogen-bond donors (Lipinski definition) is 1. The van der Waals surface area contributed by atoms with Crippen molar-refractivity contribution in [3.63, 3.8) is 0 Å². The van der Waals surface area contributed by atoms with E-state index in [0.717, 1.165) is 5.56 Å². The van der Waals surface area contributed by atoms with Crippen LogP contribution in [0.15, 0.2) is 41.3 Å². The second kappa shape index (κ2) is 9.24. The normalized spacial score (nSPS) is 17.4. The van der Waals surface area contributed by atoms with Gasteiger partial charge in [-0.3, -0.25) is 4.79 Å². The molecule has 0 aromatic heterocycles. The van der Waals surface area contributed by atoms with Crippen molar-refractivity contribution in [2.24, 2.45) is 5.92 Å². The van der Waals surface area contributed by atoms with Crippen LogP contribution in [0, 0.1) is 12.8 Å². The third-order valence-corrected chi connectivity index (χ3v) is 7.29. The van der Waals surface area contributed by atoms with Gasteiger partial charge in [0.05, 0.1) is 25.2 Å². The van der Waals surface area contributed by atoms with E-state index in [-0.39, 0.29) is 17.3 Å². The molecule has 1 fully saturated rings. The molecule has 1 N–H and O–H groups in total. The summed E-state index contributed by atoms with van der Waals surface area (Å²) in [5.41, 5.74) is 1.35. The first-order chi connectivity index (χ1) is 14.3. The molecule has 1 amide bonds. The first kappa shape index (κ1) is 22.4. The second-order valence-corrected chi connectivity index (χ2v) is 9.51. The van der Waals surface area contributed by atoms with Crippen LogP contribution in [0.5, 0.6) is 11.5 Å². The predicted molar refractivity (Wildman–Crippen MR) is 116 cm³/mol. The molecular formula is C21H25ClN2O5S. The van der Waals surface area contributed by atoms with Crippen molar-refractivity contribution in [2.75, 3.05) is 32.6 Å². The predicted octanol–water partition coefficient (Wildman–Crippen LogP) is 3.71. The molecule has 1 atom stereocenters. The van der Waals surface area contributed by atoms with Crippen molar-refractivity contribution in [3.8, 4) is 11.5 Å². The first-order valence-corrected chi connectivity index (χ1v) is 11.4. The Hall–Kier alpha value is -2.29. The molecule has 1 aliphatic rings. The zero-order valence-electron chi connectivity index (χ0n) is 17.1. The van der Waals surface area contributed by atoms with E-state index in [2.05, 4.69) is 5.32 Å². The monoisotopic (exact) mass is 452 g/mol. The van der Waals surface area contributed by atoms with Gasteiger partial charge in [-0.15, -0.1) is 0 Å². The molecule has 1 unspecified atom stereocenters. The molecule has 2 aromatic carbocycles. The third kappa shape index (κ3) is 4.71. The van der Waals surface area contributed by atoms with Crippen molar-refractivity contribution >= 4 is 33.2 Å². The molecule has 7 nitrogen and oxygen atoms in total. The van der Waals surface area contributed by atoms with E-state index < -0.39 is 15.9 Å². The smallest absolute Gasteiger partial charge is 0.246 e. The molecule has 30 heavy (non-hydrogen) atoms. The van der Waals surface area contributed by atoms with Gasteiger partial charge in [-0.2, -0.15) is 4.31 Å². The van der Waals surface area contributed by atoms with E-state index >= 15 is 0 Å². The van der Waals surface area contributed by atoms with Gasteiger partial charge in [-0.1, -0.05) is 17.7 Å². The summed E-state index contributed by atoms with van der Waals surface area (Å²) in [7, 11) is -0.837. The Balaban J connectivity index is 1.77. The number of piperidine rings is 1. The fourth-order valence-corrected chi connectivity index (χ4v) is 5.51. The molecule has 0 aliphatic carbocycles. The number of hydrogen-bond acceptors (Lipinski definition) is 5. The summed E-state index contributed by atoms with van der Waals surface area (Å²) < 4.78 is 38.2. The topological polar surface area (TPSA) is 84.9 Å². The number of halogens is 1. The van der Waals surface area contributed by atoms with E-state index in [1.807, 2.05) is 6.92 Å². The number of carbonyl (C=O) groups is 1. The molecule has 9 heteroatoms. The van der Waals surface area contributed by atoms with E-state index in [0.29, 0.717) is 41.6 Å². The maximum Gasteiger partial charge on any atom is 0.246 e. The zero-order chi connectivity index (χ0) is 21.9. The van der Waals surface area contributed by atoms with Crippen LogP contribution in [0.1, 0.15) is 18.4 Å². The first-order valence-electron chi connectivity index (χ1n) is 9.55. The van der Waals surface area contributed by atoms with Crippen LogP contribution in [0.25, 0.3) is 0 Å². The quantitative estimate of drug-likeness (QED) is 0.722. The van der Waals surface area contributed by atoms with Crippen molar-refractivity contribution in [2.45, 2.75) is 24.7 Å². The summed E-state index contributed by atoms with van der Waals surface area (Å²) in [6.07, 6.45) is 1.20. The van der Waals surface area contributed by atoms with Crippen molar-refractivity contribution < 1.29 is 22.7 Å². The van der Waals surface area contributed by atoms with Gasteiger partial charge in [0.25, 0.3) is 0 Å². The molecule has 0 bridgehead atoms. The fraction of sp³-hybridized carbons (Fsp3) is 0.381. The molecule has 162 valence electrons. The number of anilines is 1. The van der Waals surface area contributed by atoms with Gasteiger partial charge in [0.1, 0.15) is 16.4 Å². The number of sulfonamides is 1. The summed E-state index contributed by atoms with van der Waals surface area (Å²) >= 11 is 6.12. The highest BCUT2D eigenvalue weighted by Gasteiger charge is 2.35. The molecule has 1 heterocycles. The van der Waals surface area contributed by atoms with Crippen LogP contribution in [-0.4, -0.2) is 45.9 Å². The van der Waals surface area contributed by atoms with E-state index in [9.17, 15) is 13.2 Å². The van der Waals surface area contributed by atoms with Gasteiger partial charge in [0, 0.05) is 18.8 Å². The molecular weight excluding hydrogens is 428 g/mol. The number of benzene rings is 2. The third-order valence-electron chi connectivity index (χ3n) is 5.11. The highest BCUT2D eigenvalue weighted by atomic mass is 35.5. The second-order valence-electron chi connectivity index (χ2n) is 7.20. The SMILES string of the molecule is COc1ccc(NC(=O)C2CCCN(S(=O)(=O)c3cc(C)ccc3OC)C2)cc1Cl. The van der Waals surface area contributed by atoms with Crippen LogP contribution < -0.4 is 14.8 Å². The summed E-state index contributed by atoms with van der Waals surface area (Å²) in [6, 6.07) is 10.00. The number of ether oxygens (including phenoxy) is 2. The Morgan fingerprint density at radius 2 is 1.83 bits per heavy atom. The van der Waals surface area contributed by atoms with Gasteiger partial charge in [0.15, 0.2) is 0 Å². The Morgan fingerprint density at radius 3 is 2.50 bits per heavy atom. The maximum atomic E-state index is 13.2. The number of methoxy groups -OCH3 is 2. The minimum atomic E-state index is -3.79. The minimum absolute atomic E-state index is 0.106. The number of amides is 1. The van der Waals surface area contributed by atoms with Gasteiger partial charge >= 0.3 is 0 Å². The average Bonchev–Trinajstić information content (AvgIpc) is 2.74. The van der Waals surface area contributed by atoms with Gasteiger partial charge in [-0.05, 0) is 55.7 Å². The van der Waals surface area contributed by atoms with Crippen LogP contribution in [0.3, 0.4) is 0 Å². The maximum absolute atomic E-state index is 13.2. The van der Waals surface area contributed by atoms with E-state index in [4.69, 9.17) is 21.1 Å². The van der Waals surface area contributed by atoms with Crippen LogP contribution in [0.4, 0.5) is 5.69 Å². The summed E-state index contributed by atoms with van der Waals surface area (Å²) in [4.78, 5) is 12.9. The lowest BCUT2D eigenvalue weighted by Crippen LogP contribution is -2.43. The van der Waals surface area contributed by atoms with E-state index in [1.165, 1.54) is 18.5 Å². The van der Waals surface area contributed by atoms with Gasteiger partial charge < -0.3 is 14.8 Å². The summed E-state index contributed by atoms with van der Waals surface area (Å²) in [5, 5.41) is 3.21. The van der Waals surface area contributed by atoms with Crippen molar-refractivity contribution in [1.82, 2.24) is 4.31 Å². The Labute approximate surface area is 182 Å². The van der Waals surface area contributed by atoms with Gasteiger partial charge in [-0.25, -0.2) is 8.42 Å². The average molecular weight is 453 g/mol. The molecule has 0 radical (unpaired) electrons. The lowest BCUT2D eigenvalue weighted by Gasteiger charge is -2.31. The van der Waals surface area contributed by atoms with Crippen LogP contribution in [0.2, 0.25) is 5.02 Å². The highest BCUT2D eigenvalue weighted by molar-refractivity contribution is 7.89. The van der Waals surface area contributed by atoms with Gasteiger partial charge in [0.2, 0.25) is 15.9 Å².